The van der Waals surface area contributed by atoms with Crippen LogP contribution in [-0.2, 0) is 13.0 Å². The Morgan fingerprint density at radius 2 is 2.00 bits per heavy atom. The van der Waals surface area contributed by atoms with Gasteiger partial charge < -0.3 is 10.5 Å². The highest BCUT2D eigenvalue weighted by Crippen LogP contribution is 2.13. The first-order valence-corrected chi connectivity index (χ1v) is 6.86. The number of hydrogen-bond donors (Lipinski definition) is 1. The number of nitrogens with zero attached hydrogens (tertiary/aromatic N) is 1. The van der Waals surface area contributed by atoms with Crippen molar-refractivity contribution in [3.63, 3.8) is 0 Å². The van der Waals surface area contributed by atoms with Gasteiger partial charge in [-0.15, -0.1) is 0 Å². The SMILES string of the molecule is CCc1cc(CN)cc(OC/C=C/c2ccccc2)n1. The Morgan fingerprint density at radius 3 is 2.70 bits per heavy atom. The van der Waals surface area contributed by atoms with Gasteiger partial charge >= 0.3 is 0 Å². The lowest BCUT2D eigenvalue weighted by Gasteiger charge is -2.07. The smallest absolute Gasteiger partial charge is 0.214 e. The van der Waals surface area contributed by atoms with E-state index in [1.54, 1.807) is 0 Å². The molecule has 0 saturated carbocycles. The maximum atomic E-state index is 5.68. The molecule has 2 N–H and O–H groups in total. The second kappa shape index (κ2) is 7.46. The molecule has 1 aromatic heterocycles. The van der Waals surface area contributed by atoms with E-state index in [1.165, 1.54) is 0 Å². The second-order valence-corrected chi connectivity index (χ2v) is 4.49. The zero-order chi connectivity index (χ0) is 14.2. The predicted octanol–water partition coefficient (Wildman–Crippen LogP) is 3.19. The average Bonchev–Trinajstić information content (AvgIpc) is 2.52. The Balaban J connectivity index is 1.95. The van der Waals surface area contributed by atoms with Gasteiger partial charge in [-0.3, -0.25) is 0 Å². The van der Waals surface area contributed by atoms with Crippen molar-refractivity contribution < 1.29 is 4.74 Å². The van der Waals surface area contributed by atoms with E-state index in [0.717, 1.165) is 23.2 Å². The van der Waals surface area contributed by atoms with Gasteiger partial charge in [0.15, 0.2) is 0 Å². The van der Waals surface area contributed by atoms with Crippen molar-refractivity contribution >= 4 is 6.08 Å². The Kier molecular flexibility index (Phi) is 5.33. The van der Waals surface area contributed by atoms with Crippen LogP contribution in [0.2, 0.25) is 0 Å². The molecule has 0 bridgehead atoms. The number of aryl methyl sites for hydroxylation is 1. The predicted molar refractivity (Wildman–Crippen MR) is 82.5 cm³/mol. The van der Waals surface area contributed by atoms with Crippen molar-refractivity contribution in [2.24, 2.45) is 5.73 Å². The summed E-state index contributed by atoms with van der Waals surface area (Å²) in [4.78, 5) is 4.43. The van der Waals surface area contributed by atoms with Crippen LogP contribution in [0.1, 0.15) is 23.7 Å². The molecular formula is C17H20N2O. The molecule has 20 heavy (non-hydrogen) atoms. The van der Waals surface area contributed by atoms with Crippen LogP contribution >= 0.6 is 0 Å². The van der Waals surface area contributed by atoms with Gasteiger partial charge in [0, 0.05) is 18.3 Å². The normalized spacial score (nSPS) is 10.9. The highest BCUT2D eigenvalue weighted by atomic mass is 16.5. The number of pyridine rings is 1. The zero-order valence-corrected chi connectivity index (χ0v) is 11.8. The summed E-state index contributed by atoms with van der Waals surface area (Å²) in [5.41, 5.74) is 8.90. The van der Waals surface area contributed by atoms with Crippen LogP contribution in [0, 0.1) is 0 Å². The van der Waals surface area contributed by atoms with Gasteiger partial charge in [-0.1, -0.05) is 43.3 Å². The molecular weight excluding hydrogens is 248 g/mol. The number of aromatic nitrogens is 1. The standard InChI is InChI=1S/C17H20N2O/c1-2-16-11-15(13-18)12-17(19-16)20-10-6-9-14-7-4-3-5-8-14/h3-9,11-12H,2,10,13,18H2,1H3/b9-6+. The van der Waals surface area contributed by atoms with Crippen LogP contribution in [0.25, 0.3) is 6.08 Å². The number of rotatable bonds is 6. The Bertz CT molecular complexity index is 542. The minimum absolute atomic E-state index is 0.499. The van der Waals surface area contributed by atoms with E-state index in [1.807, 2.05) is 42.5 Å². The summed E-state index contributed by atoms with van der Waals surface area (Å²) in [7, 11) is 0. The number of ether oxygens (including phenoxy) is 1. The summed E-state index contributed by atoms with van der Waals surface area (Å²) in [6.07, 6.45) is 4.90. The van der Waals surface area contributed by atoms with Crippen LogP contribution in [0.5, 0.6) is 5.88 Å². The van der Waals surface area contributed by atoms with E-state index in [9.17, 15) is 0 Å². The number of benzene rings is 1. The molecule has 2 rings (SSSR count). The summed E-state index contributed by atoms with van der Waals surface area (Å²) >= 11 is 0. The Hall–Kier alpha value is -2.13. The second-order valence-electron chi connectivity index (χ2n) is 4.49. The fourth-order valence-electron chi connectivity index (χ4n) is 1.88. The molecule has 0 aliphatic heterocycles. The molecule has 3 nitrogen and oxygen atoms in total. The molecule has 104 valence electrons. The fourth-order valence-corrected chi connectivity index (χ4v) is 1.88. The summed E-state index contributed by atoms with van der Waals surface area (Å²) in [6.45, 7) is 3.08. The zero-order valence-electron chi connectivity index (χ0n) is 11.8. The van der Waals surface area contributed by atoms with E-state index < -0.39 is 0 Å². The van der Waals surface area contributed by atoms with E-state index in [4.69, 9.17) is 10.5 Å². The average molecular weight is 268 g/mol. The summed E-state index contributed by atoms with van der Waals surface area (Å²) in [5, 5.41) is 0. The van der Waals surface area contributed by atoms with Gasteiger partial charge in [0.05, 0.1) is 0 Å². The van der Waals surface area contributed by atoms with E-state index in [0.29, 0.717) is 19.0 Å². The van der Waals surface area contributed by atoms with Crippen LogP contribution in [0.3, 0.4) is 0 Å². The summed E-state index contributed by atoms with van der Waals surface area (Å²) in [6, 6.07) is 14.1. The van der Waals surface area contributed by atoms with E-state index in [2.05, 4.69) is 24.0 Å². The first kappa shape index (κ1) is 14.3. The molecule has 1 heterocycles. The summed E-state index contributed by atoms with van der Waals surface area (Å²) in [5.74, 6) is 0.641. The lowest BCUT2D eigenvalue weighted by atomic mass is 10.2. The molecule has 0 amide bonds. The van der Waals surface area contributed by atoms with Gasteiger partial charge in [0.25, 0.3) is 0 Å². The van der Waals surface area contributed by atoms with Crippen molar-refractivity contribution in [2.45, 2.75) is 19.9 Å². The Labute approximate surface area is 120 Å². The quantitative estimate of drug-likeness (QED) is 0.875. The molecule has 0 fully saturated rings. The van der Waals surface area contributed by atoms with Crippen LogP contribution in [-0.4, -0.2) is 11.6 Å². The Morgan fingerprint density at radius 1 is 1.20 bits per heavy atom. The highest BCUT2D eigenvalue weighted by Gasteiger charge is 2.01. The topological polar surface area (TPSA) is 48.1 Å². The molecule has 0 aliphatic rings. The molecule has 3 heteroatoms. The van der Waals surface area contributed by atoms with Crippen LogP contribution in [0.15, 0.2) is 48.5 Å². The van der Waals surface area contributed by atoms with Crippen molar-refractivity contribution in [3.8, 4) is 5.88 Å². The van der Waals surface area contributed by atoms with Crippen molar-refractivity contribution in [3.05, 3.63) is 65.4 Å². The van der Waals surface area contributed by atoms with Crippen molar-refractivity contribution in [1.29, 1.82) is 0 Å². The molecule has 0 unspecified atom stereocenters. The van der Waals surface area contributed by atoms with Gasteiger partial charge in [-0.25, -0.2) is 4.98 Å². The van der Waals surface area contributed by atoms with Crippen molar-refractivity contribution in [2.75, 3.05) is 6.61 Å². The lowest BCUT2D eigenvalue weighted by Crippen LogP contribution is -2.03. The molecule has 2 aromatic rings. The molecule has 1 aromatic carbocycles. The van der Waals surface area contributed by atoms with Crippen LogP contribution in [0.4, 0.5) is 0 Å². The third kappa shape index (κ3) is 4.21. The molecule has 0 saturated heterocycles. The lowest BCUT2D eigenvalue weighted by molar-refractivity contribution is 0.347. The van der Waals surface area contributed by atoms with Gasteiger partial charge in [0.2, 0.25) is 5.88 Å². The van der Waals surface area contributed by atoms with E-state index in [-0.39, 0.29) is 0 Å². The summed E-state index contributed by atoms with van der Waals surface area (Å²) < 4.78 is 5.66. The van der Waals surface area contributed by atoms with E-state index >= 15 is 0 Å². The molecule has 0 radical (unpaired) electrons. The first-order chi connectivity index (χ1) is 9.81. The minimum atomic E-state index is 0.499. The fraction of sp³-hybridized carbons (Fsp3) is 0.235. The minimum Gasteiger partial charge on any atom is -0.473 e. The molecule has 0 spiro atoms. The number of nitrogens with two attached hydrogens (primary N) is 1. The number of hydrogen-bond acceptors (Lipinski definition) is 3. The van der Waals surface area contributed by atoms with Gasteiger partial charge in [0.1, 0.15) is 6.61 Å². The monoisotopic (exact) mass is 268 g/mol. The molecule has 0 aliphatic carbocycles. The third-order valence-electron chi connectivity index (χ3n) is 2.95. The largest absolute Gasteiger partial charge is 0.473 e. The van der Waals surface area contributed by atoms with Gasteiger partial charge in [-0.2, -0.15) is 0 Å². The van der Waals surface area contributed by atoms with Crippen molar-refractivity contribution in [1.82, 2.24) is 4.98 Å². The highest BCUT2D eigenvalue weighted by molar-refractivity contribution is 5.48. The third-order valence-corrected chi connectivity index (χ3v) is 2.95. The van der Waals surface area contributed by atoms with Gasteiger partial charge in [-0.05, 0) is 29.7 Å². The molecule has 0 atom stereocenters. The maximum absolute atomic E-state index is 5.68. The van der Waals surface area contributed by atoms with Crippen LogP contribution < -0.4 is 10.5 Å². The first-order valence-electron chi connectivity index (χ1n) is 6.86. The maximum Gasteiger partial charge on any atom is 0.214 e.